The lowest BCUT2D eigenvalue weighted by molar-refractivity contribution is -0.120. The topological polar surface area (TPSA) is 133 Å². The molecule has 0 aliphatic rings. The van der Waals surface area contributed by atoms with E-state index in [-0.39, 0.29) is 23.2 Å². The lowest BCUT2D eigenvalue weighted by Gasteiger charge is -2.21. The fourth-order valence-electron chi connectivity index (χ4n) is 3.69. The van der Waals surface area contributed by atoms with Crippen molar-refractivity contribution in [2.45, 2.75) is 26.6 Å². The van der Waals surface area contributed by atoms with Gasteiger partial charge in [-0.1, -0.05) is 0 Å². The van der Waals surface area contributed by atoms with Gasteiger partial charge in [0.1, 0.15) is 17.8 Å². The summed E-state index contributed by atoms with van der Waals surface area (Å²) < 4.78 is 21.3. The number of fused-ring (bicyclic) bond motifs is 1. The van der Waals surface area contributed by atoms with Gasteiger partial charge in [0.2, 0.25) is 0 Å². The predicted molar refractivity (Wildman–Crippen MR) is 131 cm³/mol. The first kappa shape index (κ1) is 28.6. The number of amides is 1. The van der Waals surface area contributed by atoms with E-state index in [2.05, 4.69) is 15.0 Å². The maximum Gasteiger partial charge on any atom is 0.410 e. The molecular weight excluding hydrogens is 471 g/mol. The third-order valence-electron chi connectivity index (χ3n) is 5.11. The molecule has 3 rings (SSSR count). The zero-order valence-electron chi connectivity index (χ0n) is 20.9. The van der Waals surface area contributed by atoms with Crippen molar-refractivity contribution in [3.63, 3.8) is 0 Å². The molecule has 0 fully saturated rings. The molecule has 0 unspecified atom stereocenters. The standard InChI is InChI=1S/C23H24FN3O6.C2H7N/c1-13-4-5-27-18(9-16(29)10-26(11-20(30)31)23(32)33-3)22(25-19(27)6-13)21-14(2)7-15(12-28)8-17(21)24;1-3-2/h4-8,12,20,30-31H,9-11H2,1-3H3;3H,1-2H3. The summed E-state index contributed by atoms with van der Waals surface area (Å²) in [6.07, 6.45) is -0.695. The number of imidazole rings is 1. The molecule has 0 atom stereocenters. The van der Waals surface area contributed by atoms with E-state index < -0.39 is 37.1 Å². The number of carbonyl (C=O) groups excluding carboxylic acids is 3. The van der Waals surface area contributed by atoms with Crippen LogP contribution in [0.2, 0.25) is 0 Å². The number of aromatic nitrogens is 2. The Morgan fingerprint density at radius 2 is 1.92 bits per heavy atom. The van der Waals surface area contributed by atoms with Gasteiger partial charge < -0.3 is 24.7 Å². The molecule has 1 amide bonds. The minimum Gasteiger partial charge on any atom is -0.453 e. The van der Waals surface area contributed by atoms with Gasteiger partial charge in [-0.25, -0.2) is 14.2 Å². The van der Waals surface area contributed by atoms with Crippen LogP contribution in [0, 0.1) is 19.7 Å². The molecule has 0 saturated carbocycles. The first-order valence-corrected chi connectivity index (χ1v) is 11.1. The molecule has 3 N–H and O–H groups in total. The van der Waals surface area contributed by atoms with Crippen molar-refractivity contribution >= 4 is 23.8 Å². The highest BCUT2D eigenvalue weighted by molar-refractivity contribution is 5.88. The molecular formula is C25H31FN4O6. The molecule has 0 bridgehead atoms. The van der Waals surface area contributed by atoms with Gasteiger partial charge in [0, 0.05) is 17.3 Å². The van der Waals surface area contributed by atoms with Crippen molar-refractivity contribution in [1.29, 1.82) is 0 Å². The number of ketones is 1. The summed E-state index contributed by atoms with van der Waals surface area (Å²) in [6, 6.07) is 6.24. The highest BCUT2D eigenvalue weighted by Crippen LogP contribution is 2.31. The Bertz CT molecular complexity index is 1220. The average molecular weight is 503 g/mol. The van der Waals surface area contributed by atoms with E-state index in [1.54, 1.807) is 23.6 Å². The van der Waals surface area contributed by atoms with E-state index in [4.69, 9.17) is 0 Å². The van der Waals surface area contributed by atoms with Crippen LogP contribution in [0.5, 0.6) is 0 Å². The summed E-state index contributed by atoms with van der Waals surface area (Å²) in [5.74, 6) is -1.10. The Morgan fingerprint density at radius 1 is 1.25 bits per heavy atom. The summed E-state index contributed by atoms with van der Waals surface area (Å²) in [5.41, 5.74) is 2.88. The number of aryl methyl sites for hydroxylation is 2. The largest absolute Gasteiger partial charge is 0.453 e. The lowest BCUT2D eigenvalue weighted by Crippen LogP contribution is -2.41. The first-order chi connectivity index (χ1) is 17.1. The number of Topliss-reactive ketones (excluding diaryl/α,β-unsaturated/α-hetero) is 1. The summed E-state index contributed by atoms with van der Waals surface area (Å²) in [5, 5.41) is 21.2. The lowest BCUT2D eigenvalue weighted by atomic mass is 9.99. The molecule has 36 heavy (non-hydrogen) atoms. The number of nitrogens with zero attached hydrogens (tertiary/aromatic N) is 3. The maximum atomic E-state index is 15.0. The monoisotopic (exact) mass is 502 g/mol. The fraction of sp³-hybridized carbons (Fsp3) is 0.360. The van der Waals surface area contributed by atoms with Crippen molar-refractivity contribution in [1.82, 2.24) is 19.6 Å². The second-order valence-electron chi connectivity index (χ2n) is 8.20. The van der Waals surface area contributed by atoms with Gasteiger partial charge >= 0.3 is 6.09 Å². The van der Waals surface area contributed by atoms with E-state index in [0.717, 1.165) is 23.6 Å². The minimum atomic E-state index is -1.85. The van der Waals surface area contributed by atoms with Gasteiger partial charge in [0.05, 0.1) is 38.0 Å². The normalized spacial score (nSPS) is 10.7. The zero-order chi connectivity index (χ0) is 27.0. The molecule has 10 nitrogen and oxygen atoms in total. The maximum absolute atomic E-state index is 15.0. The molecule has 2 aromatic heterocycles. The molecule has 1 aromatic carbocycles. The number of carbonyl (C=O) groups is 3. The number of halogens is 1. The molecule has 2 heterocycles. The molecule has 0 aliphatic carbocycles. The Kier molecular flexibility index (Phi) is 10.2. The Labute approximate surface area is 208 Å². The van der Waals surface area contributed by atoms with Crippen LogP contribution in [0.15, 0.2) is 30.5 Å². The second kappa shape index (κ2) is 12.9. The van der Waals surface area contributed by atoms with Crippen LogP contribution >= 0.6 is 0 Å². The average Bonchev–Trinajstić information content (AvgIpc) is 3.14. The van der Waals surface area contributed by atoms with Crippen molar-refractivity contribution in [3.8, 4) is 11.3 Å². The Balaban J connectivity index is 0.00000145. The molecule has 0 radical (unpaired) electrons. The Hall–Kier alpha value is -3.67. The SMILES string of the molecule is CNC.COC(=O)N(CC(=O)Cc1c(-c2c(C)cc(C=O)cc2F)nc2cc(C)ccn12)CC(O)O. The fourth-order valence-corrected chi connectivity index (χ4v) is 3.69. The zero-order valence-corrected chi connectivity index (χ0v) is 20.9. The van der Waals surface area contributed by atoms with Gasteiger partial charge in [-0.05, 0) is 63.3 Å². The van der Waals surface area contributed by atoms with E-state index >= 15 is 0 Å². The van der Waals surface area contributed by atoms with Gasteiger partial charge in [-0.15, -0.1) is 0 Å². The van der Waals surface area contributed by atoms with Crippen LogP contribution in [0.1, 0.15) is 27.2 Å². The summed E-state index contributed by atoms with van der Waals surface area (Å²) in [6.45, 7) is 2.55. The predicted octanol–water partition coefficient (Wildman–Crippen LogP) is 1.90. The third kappa shape index (κ3) is 6.94. The van der Waals surface area contributed by atoms with Gasteiger partial charge in [-0.3, -0.25) is 14.5 Å². The van der Waals surface area contributed by atoms with Crippen molar-refractivity contribution in [3.05, 3.63) is 58.7 Å². The smallest absolute Gasteiger partial charge is 0.410 e. The summed E-state index contributed by atoms with van der Waals surface area (Å²) in [7, 11) is 4.86. The number of hydrogen-bond acceptors (Lipinski definition) is 8. The number of pyridine rings is 1. The number of methoxy groups -OCH3 is 1. The van der Waals surface area contributed by atoms with Crippen LogP contribution in [-0.4, -0.2) is 83.2 Å². The summed E-state index contributed by atoms with van der Waals surface area (Å²) >= 11 is 0. The number of aliphatic hydroxyl groups excluding tert-OH is 1. The number of rotatable bonds is 8. The van der Waals surface area contributed by atoms with Gasteiger partial charge in [0.15, 0.2) is 12.1 Å². The number of aldehydes is 1. The van der Waals surface area contributed by atoms with Gasteiger partial charge in [0.25, 0.3) is 0 Å². The molecule has 0 aliphatic heterocycles. The number of ether oxygens (including phenoxy) is 1. The number of benzene rings is 1. The van der Waals surface area contributed by atoms with Crippen molar-refractivity contribution in [2.24, 2.45) is 0 Å². The molecule has 3 aromatic rings. The first-order valence-electron chi connectivity index (χ1n) is 11.1. The van der Waals surface area contributed by atoms with Crippen molar-refractivity contribution < 1.29 is 33.7 Å². The van der Waals surface area contributed by atoms with Crippen molar-refractivity contribution in [2.75, 3.05) is 34.3 Å². The Morgan fingerprint density at radius 3 is 2.47 bits per heavy atom. The minimum absolute atomic E-state index is 0.167. The highest BCUT2D eigenvalue weighted by atomic mass is 19.1. The molecule has 194 valence electrons. The van der Waals surface area contributed by atoms with E-state index in [1.165, 1.54) is 6.07 Å². The quantitative estimate of drug-likeness (QED) is 0.314. The van der Waals surface area contributed by atoms with Crippen LogP contribution in [0.4, 0.5) is 9.18 Å². The number of aliphatic hydroxyl groups is 2. The van der Waals surface area contributed by atoms with E-state index in [9.17, 15) is 29.0 Å². The molecule has 0 spiro atoms. The number of nitrogens with one attached hydrogen (secondary N) is 1. The van der Waals surface area contributed by atoms with Crippen LogP contribution in [0.3, 0.4) is 0 Å². The third-order valence-corrected chi connectivity index (χ3v) is 5.11. The highest BCUT2D eigenvalue weighted by Gasteiger charge is 2.25. The van der Waals surface area contributed by atoms with E-state index in [1.807, 2.05) is 27.1 Å². The summed E-state index contributed by atoms with van der Waals surface area (Å²) in [4.78, 5) is 41.3. The van der Waals surface area contributed by atoms with Crippen LogP contribution < -0.4 is 5.32 Å². The van der Waals surface area contributed by atoms with Crippen LogP contribution in [0.25, 0.3) is 16.9 Å². The van der Waals surface area contributed by atoms with Crippen LogP contribution in [-0.2, 0) is 16.0 Å². The number of hydrogen-bond donors (Lipinski definition) is 3. The molecule has 11 heteroatoms. The van der Waals surface area contributed by atoms with Gasteiger partial charge in [-0.2, -0.15) is 0 Å². The van der Waals surface area contributed by atoms with E-state index in [0.29, 0.717) is 23.2 Å². The molecule has 0 saturated heterocycles. The second-order valence-corrected chi connectivity index (χ2v) is 8.20.